The predicted molar refractivity (Wildman–Crippen MR) is 95.0 cm³/mol. The molecule has 0 fully saturated rings. The molecule has 8 heteroatoms. The Morgan fingerprint density at radius 2 is 1.44 bits per heavy atom. The Labute approximate surface area is 147 Å². The highest BCUT2D eigenvalue weighted by molar-refractivity contribution is 7.91. The molecule has 1 N–H and O–H groups in total. The summed E-state index contributed by atoms with van der Waals surface area (Å²) in [7, 11) is -6.67. The van der Waals surface area contributed by atoms with Gasteiger partial charge in [0.25, 0.3) is 5.91 Å². The summed E-state index contributed by atoms with van der Waals surface area (Å²) >= 11 is 0. The molecule has 1 unspecified atom stereocenters. The van der Waals surface area contributed by atoms with Gasteiger partial charge in [-0.2, -0.15) is 0 Å². The van der Waals surface area contributed by atoms with Crippen LogP contribution in [0.15, 0.2) is 58.3 Å². The maximum atomic E-state index is 12.3. The number of rotatable bonds is 5. The molecular formula is C17H19NO5S2. The van der Waals surface area contributed by atoms with Gasteiger partial charge < -0.3 is 5.32 Å². The van der Waals surface area contributed by atoms with Crippen molar-refractivity contribution in [2.75, 3.05) is 12.5 Å². The third-order valence-corrected chi connectivity index (χ3v) is 5.92. The van der Waals surface area contributed by atoms with E-state index in [1.54, 1.807) is 19.1 Å². The Morgan fingerprint density at radius 3 is 1.96 bits per heavy atom. The number of amides is 1. The van der Waals surface area contributed by atoms with Crippen LogP contribution in [0.2, 0.25) is 0 Å². The minimum absolute atomic E-state index is 0.0744. The first-order valence-corrected chi connectivity index (χ1v) is 11.2. The molecule has 25 heavy (non-hydrogen) atoms. The minimum atomic E-state index is -3.40. The van der Waals surface area contributed by atoms with Crippen LogP contribution in [0, 0.1) is 0 Å². The number of hydrogen-bond donors (Lipinski definition) is 1. The number of benzene rings is 2. The molecule has 1 atom stereocenters. The molecule has 0 aliphatic rings. The maximum absolute atomic E-state index is 12.3. The first-order valence-electron chi connectivity index (χ1n) is 7.39. The van der Waals surface area contributed by atoms with Crippen LogP contribution in [-0.4, -0.2) is 35.3 Å². The average Bonchev–Trinajstić information content (AvgIpc) is 2.53. The average molecular weight is 381 g/mol. The van der Waals surface area contributed by atoms with Gasteiger partial charge in [-0.25, -0.2) is 16.8 Å². The summed E-state index contributed by atoms with van der Waals surface area (Å²) in [4.78, 5) is 12.6. The second kappa shape index (κ2) is 6.97. The SMILES string of the molecule is CC(NC(=O)c1cccc(S(C)(=O)=O)c1)c1ccc(S(C)(=O)=O)cc1. The first kappa shape index (κ1) is 19.1. The van der Waals surface area contributed by atoms with Crippen molar-refractivity contribution < 1.29 is 21.6 Å². The molecule has 0 aliphatic carbocycles. The number of nitrogens with one attached hydrogen (secondary N) is 1. The molecule has 0 spiro atoms. The van der Waals surface area contributed by atoms with E-state index in [4.69, 9.17) is 0 Å². The molecule has 2 rings (SSSR count). The van der Waals surface area contributed by atoms with Gasteiger partial charge >= 0.3 is 0 Å². The molecule has 0 aliphatic heterocycles. The van der Waals surface area contributed by atoms with E-state index in [1.165, 1.54) is 36.4 Å². The Hall–Kier alpha value is -2.19. The smallest absolute Gasteiger partial charge is 0.251 e. The van der Waals surface area contributed by atoms with Crippen molar-refractivity contribution in [2.24, 2.45) is 0 Å². The molecule has 2 aromatic carbocycles. The summed E-state index contributed by atoms with van der Waals surface area (Å²) in [6, 6.07) is 11.7. The van der Waals surface area contributed by atoms with E-state index >= 15 is 0 Å². The lowest BCUT2D eigenvalue weighted by molar-refractivity contribution is 0.0939. The lowest BCUT2D eigenvalue weighted by atomic mass is 10.1. The van der Waals surface area contributed by atoms with Crippen LogP contribution in [0.4, 0.5) is 0 Å². The summed E-state index contributed by atoms with van der Waals surface area (Å²) in [6.45, 7) is 1.76. The van der Waals surface area contributed by atoms with Gasteiger partial charge in [-0.1, -0.05) is 18.2 Å². The van der Waals surface area contributed by atoms with Crippen molar-refractivity contribution in [3.63, 3.8) is 0 Å². The fraction of sp³-hybridized carbons (Fsp3) is 0.235. The van der Waals surface area contributed by atoms with Gasteiger partial charge in [0.1, 0.15) is 0 Å². The summed E-state index contributed by atoms with van der Waals surface area (Å²) in [5, 5.41) is 2.77. The standard InChI is InChI=1S/C17H19NO5S2/c1-12(13-7-9-15(10-8-13)24(2,20)21)18-17(19)14-5-4-6-16(11-14)25(3,22)23/h4-12H,1-3H3,(H,18,19). The van der Waals surface area contributed by atoms with Gasteiger partial charge in [-0.3, -0.25) is 4.79 Å². The van der Waals surface area contributed by atoms with E-state index in [-0.39, 0.29) is 21.4 Å². The topological polar surface area (TPSA) is 97.4 Å². The van der Waals surface area contributed by atoms with Crippen molar-refractivity contribution in [1.82, 2.24) is 5.32 Å². The van der Waals surface area contributed by atoms with E-state index in [0.717, 1.165) is 18.1 Å². The molecule has 0 radical (unpaired) electrons. The zero-order valence-corrected chi connectivity index (χ0v) is 15.7. The van der Waals surface area contributed by atoms with Crippen LogP contribution in [0.25, 0.3) is 0 Å². The number of hydrogen-bond acceptors (Lipinski definition) is 5. The third kappa shape index (κ3) is 4.90. The molecule has 1 amide bonds. The van der Waals surface area contributed by atoms with Gasteiger partial charge in [0.05, 0.1) is 15.8 Å². The fourth-order valence-electron chi connectivity index (χ4n) is 2.23. The molecule has 2 aromatic rings. The van der Waals surface area contributed by atoms with Crippen molar-refractivity contribution in [2.45, 2.75) is 22.8 Å². The Balaban J connectivity index is 2.18. The Bertz CT molecular complexity index is 994. The normalized spacial score (nSPS) is 13.2. The Morgan fingerprint density at radius 1 is 0.880 bits per heavy atom. The van der Waals surface area contributed by atoms with Gasteiger partial charge in [0.2, 0.25) is 0 Å². The zero-order valence-electron chi connectivity index (χ0n) is 14.1. The van der Waals surface area contributed by atoms with Crippen molar-refractivity contribution in [1.29, 1.82) is 0 Å². The molecule has 0 saturated carbocycles. The largest absolute Gasteiger partial charge is 0.346 e. The molecule has 0 bridgehead atoms. The molecule has 0 aromatic heterocycles. The number of carbonyl (C=O) groups excluding carboxylic acids is 1. The fourth-order valence-corrected chi connectivity index (χ4v) is 3.53. The molecule has 0 saturated heterocycles. The number of sulfone groups is 2. The summed E-state index contributed by atoms with van der Waals surface area (Å²) in [6.07, 6.45) is 2.21. The van der Waals surface area contributed by atoms with Gasteiger partial charge in [0, 0.05) is 18.1 Å². The van der Waals surface area contributed by atoms with Crippen LogP contribution in [0.5, 0.6) is 0 Å². The van der Waals surface area contributed by atoms with Gasteiger partial charge in [-0.15, -0.1) is 0 Å². The van der Waals surface area contributed by atoms with Crippen molar-refractivity contribution in [3.8, 4) is 0 Å². The van der Waals surface area contributed by atoms with Crippen molar-refractivity contribution in [3.05, 3.63) is 59.7 Å². The van der Waals surface area contributed by atoms with E-state index < -0.39 is 25.6 Å². The molecule has 134 valence electrons. The molecule has 0 heterocycles. The Kier molecular flexibility index (Phi) is 5.34. The van der Waals surface area contributed by atoms with Crippen LogP contribution in [-0.2, 0) is 19.7 Å². The van der Waals surface area contributed by atoms with E-state index in [0.29, 0.717) is 0 Å². The lowest BCUT2D eigenvalue weighted by Crippen LogP contribution is -2.26. The van der Waals surface area contributed by atoms with E-state index in [1.807, 2.05) is 0 Å². The van der Waals surface area contributed by atoms with Crippen LogP contribution in [0.1, 0.15) is 28.9 Å². The van der Waals surface area contributed by atoms with Crippen LogP contribution >= 0.6 is 0 Å². The van der Waals surface area contributed by atoms with Gasteiger partial charge in [-0.05, 0) is 42.8 Å². The van der Waals surface area contributed by atoms with Crippen LogP contribution < -0.4 is 5.32 Å². The maximum Gasteiger partial charge on any atom is 0.251 e. The number of carbonyl (C=O) groups is 1. The van der Waals surface area contributed by atoms with E-state index in [2.05, 4.69) is 5.32 Å². The highest BCUT2D eigenvalue weighted by Crippen LogP contribution is 2.17. The molecular weight excluding hydrogens is 362 g/mol. The van der Waals surface area contributed by atoms with E-state index in [9.17, 15) is 21.6 Å². The second-order valence-electron chi connectivity index (χ2n) is 5.84. The van der Waals surface area contributed by atoms with Crippen molar-refractivity contribution >= 4 is 25.6 Å². The minimum Gasteiger partial charge on any atom is -0.346 e. The predicted octanol–water partition coefficient (Wildman–Crippen LogP) is 1.98. The zero-order chi connectivity index (χ0) is 18.8. The summed E-state index contributed by atoms with van der Waals surface area (Å²) in [5.41, 5.74) is 0.975. The lowest BCUT2D eigenvalue weighted by Gasteiger charge is -2.15. The monoisotopic (exact) mass is 381 g/mol. The third-order valence-electron chi connectivity index (χ3n) is 3.68. The first-order chi connectivity index (χ1) is 11.5. The highest BCUT2D eigenvalue weighted by atomic mass is 32.2. The highest BCUT2D eigenvalue weighted by Gasteiger charge is 2.15. The summed E-state index contributed by atoms with van der Waals surface area (Å²) in [5.74, 6) is -0.412. The summed E-state index contributed by atoms with van der Waals surface area (Å²) < 4.78 is 46.1. The quantitative estimate of drug-likeness (QED) is 0.854. The second-order valence-corrected chi connectivity index (χ2v) is 9.87. The van der Waals surface area contributed by atoms with Crippen LogP contribution in [0.3, 0.4) is 0 Å². The van der Waals surface area contributed by atoms with Gasteiger partial charge in [0.15, 0.2) is 19.7 Å². The molecule has 6 nitrogen and oxygen atoms in total.